The Bertz CT molecular complexity index is 257. The van der Waals surface area contributed by atoms with Crippen molar-refractivity contribution in [2.45, 2.75) is 31.1 Å². The first kappa shape index (κ1) is 8.17. The third kappa shape index (κ3) is 1.51. The van der Waals surface area contributed by atoms with Crippen LogP contribution in [0.5, 0.6) is 0 Å². The Morgan fingerprint density at radius 3 is 3.42 bits per heavy atom. The molecule has 12 heavy (non-hydrogen) atoms. The molecular weight excluding hydrogens is 168 g/mol. The number of aromatic nitrogens is 2. The normalized spacial score (nSPS) is 23.2. The van der Waals surface area contributed by atoms with E-state index in [4.69, 9.17) is 0 Å². The summed E-state index contributed by atoms with van der Waals surface area (Å²) in [6.07, 6.45) is 10.0. The lowest BCUT2D eigenvalue weighted by Gasteiger charge is -2.11. The summed E-state index contributed by atoms with van der Waals surface area (Å²) in [5, 5.41) is 0.792. The predicted molar refractivity (Wildman–Crippen MR) is 52.5 cm³/mol. The molecule has 0 saturated carbocycles. The van der Waals surface area contributed by atoms with Gasteiger partial charge in [0.2, 0.25) is 0 Å². The van der Waals surface area contributed by atoms with Crippen LogP contribution in [0.1, 0.15) is 18.7 Å². The molecule has 0 saturated heterocycles. The molecule has 0 radical (unpaired) electrons. The minimum Gasteiger partial charge on any atom is -0.334 e. The SMILES string of the molecule is CSC1CCCc2nccn2C1. The molecule has 1 aliphatic rings. The van der Waals surface area contributed by atoms with Gasteiger partial charge in [0.1, 0.15) is 5.82 Å². The predicted octanol–water partition coefficient (Wildman–Crippen LogP) is 1.95. The van der Waals surface area contributed by atoms with E-state index in [0.717, 1.165) is 18.2 Å². The number of rotatable bonds is 1. The third-order valence-corrected chi connectivity index (χ3v) is 3.51. The van der Waals surface area contributed by atoms with Crippen LogP contribution in [0.3, 0.4) is 0 Å². The van der Waals surface area contributed by atoms with Crippen LogP contribution in [0.25, 0.3) is 0 Å². The van der Waals surface area contributed by atoms with Gasteiger partial charge in [-0.2, -0.15) is 11.8 Å². The van der Waals surface area contributed by atoms with Gasteiger partial charge in [-0.3, -0.25) is 0 Å². The second-order valence-corrected chi connectivity index (χ2v) is 4.38. The average Bonchev–Trinajstić information content (AvgIpc) is 2.43. The summed E-state index contributed by atoms with van der Waals surface area (Å²) in [7, 11) is 0. The van der Waals surface area contributed by atoms with E-state index in [0.29, 0.717) is 0 Å². The number of hydrogen-bond acceptors (Lipinski definition) is 2. The van der Waals surface area contributed by atoms with E-state index >= 15 is 0 Å². The molecule has 1 aromatic rings. The first-order valence-electron chi connectivity index (χ1n) is 4.43. The van der Waals surface area contributed by atoms with Crippen LogP contribution >= 0.6 is 11.8 Å². The molecule has 66 valence electrons. The Morgan fingerprint density at radius 1 is 1.67 bits per heavy atom. The van der Waals surface area contributed by atoms with Crippen molar-refractivity contribution < 1.29 is 0 Å². The summed E-state index contributed by atoms with van der Waals surface area (Å²) in [6.45, 7) is 1.15. The first-order valence-corrected chi connectivity index (χ1v) is 5.72. The molecule has 1 unspecified atom stereocenters. The smallest absolute Gasteiger partial charge is 0.108 e. The molecule has 0 fully saturated rings. The second kappa shape index (κ2) is 3.52. The fraction of sp³-hybridized carbons (Fsp3) is 0.667. The molecule has 0 aromatic carbocycles. The van der Waals surface area contributed by atoms with Crippen molar-refractivity contribution in [1.82, 2.24) is 9.55 Å². The van der Waals surface area contributed by atoms with E-state index < -0.39 is 0 Å². The maximum absolute atomic E-state index is 4.34. The van der Waals surface area contributed by atoms with Gasteiger partial charge in [0.25, 0.3) is 0 Å². The lowest BCUT2D eigenvalue weighted by molar-refractivity contribution is 0.651. The van der Waals surface area contributed by atoms with Gasteiger partial charge in [0.15, 0.2) is 0 Å². The van der Waals surface area contributed by atoms with Crippen molar-refractivity contribution in [3.63, 3.8) is 0 Å². The Labute approximate surface area is 77.4 Å². The fourth-order valence-electron chi connectivity index (χ4n) is 1.73. The number of nitrogens with zero attached hydrogens (tertiary/aromatic N) is 2. The molecule has 1 aliphatic heterocycles. The minimum absolute atomic E-state index is 0.792. The zero-order valence-electron chi connectivity index (χ0n) is 7.36. The molecule has 2 rings (SSSR count). The van der Waals surface area contributed by atoms with Gasteiger partial charge in [-0.05, 0) is 19.1 Å². The second-order valence-electron chi connectivity index (χ2n) is 3.25. The van der Waals surface area contributed by atoms with Crippen LogP contribution in [-0.2, 0) is 13.0 Å². The van der Waals surface area contributed by atoms with Crippen LogP contribution in [0.4, 0.5) is 0 Å². The highest BCUT2D eigenvalue weighted by Gasteiger charge is 2.14. The fourth-order valence-corrected chi connectivity index (χ4v) is 2.44. The molecule has 0 aliphatic carbocycles. The highest BCUT2D eigenvalue weighted by atomic mass is 32.2. The van der Waals surface area contributed by atoms with Crippen molar-refractivity contribution in [3.8, 4) is 0 Å². The quantitative estimate of drug-likeness (QED) is 0.660. The highest BCUT2D eigenvalue weighted by molar-refractivity contribution is 7.99. The van der Waals surface area contributed by atoms with Crippen LogP contribution in [0.15, 0.2) is 12.4 Å². The van der Waals surface area contributed by atoms with Crippen molar-refractivity contribution in [2.75, 3.05) is 6.26 Å². The Kier molecular flexibility index (Phi) is 2.40. The molecule has 3 heteroatoms. The first-order chi connectivity index (χ1) is 5.90. The average molecular weight is 182 g/mol. The molecule has 0 N–H and O–H groups in total. The van der Waals surface area contributed by atoms with Gasteiger partial charge < -0.3 is 4.57 Å². The summed E-state index contributed by atoms with van der Waals surface area (Å²) >= 11 is 1.98. The maximum atomic E-state index is 4.34. The number of imidazole rings is 1. The largest absolute Gasteiger partial charge is 0.334 e. The number of thioether (sulfide) groups is 1. The molecular formula is C9H14N2S. The van der Waals surface area contributed by atoms with Crippen molar-refractivity contribution in [1.29, 1.82) is 0 Å². The van der Waals surface area contributed by atoms with E-state index in [1.807, 2.05) is 18.0 Å². The standard InChI is InChI=1S/C9H14N2S/c1-12-8-3-2-4-9-10-5-6-11(9)7-8/h5-6,8H,2-4,7H2,1H3. The summed E-state index contributed by atoms with van der Waals surface area (Å²) in [6, 6.07) is 0. The Hall–Kier alpha value is -0.440. The van der Waals surface area contributed by atoms with Gasteiger partial charge in [-0.1, -0.05) is 0 Å². The maximum Gasteiger partial charge on any atom is 0.108 e. The number of hydrogen-bond donors (Lipinski definition) is 0. The number of aryl methyl sites for hydroxylation is 1. The zero-order valence-corrected chi connectivity index (χ0v) is 8.18. The lowest BCUT2D eigenvalue weighted by Crippen LogP contribution is -2.10. The number of fused-ring (bicyclic) bond motifs is 1. The summed E-state index contributed by atoms with van der Waals surface area (Å²) in [5.74, 6) is 1.27. The van der Waals surface area contributed by atoms with Crippen LogP contribution in [0, 0.1) is 0 Å². The molecule has 2 nitrogen and oxygen atoms in total. The summed E-state index contributed by atoms with van der Waals surface area (Å²) in [5.41, 5.74) is 0. The monoisotopic (exact) mass is 182 g/mol. The molecule has 0 bridgehead atoms. The van der Waals surface area contributed by atoms with E-state index in [9.17, 15) is 0 Å². The van der Waals surface area contributed by atoms with Gasteiger partial charge in [-0.25, -0.2) is 4.98 Å². The highest BCUT2D eigenvalue weighted by Crippen LogP contribution is 2.21. The Balaban J connectivity index is 2.18. The van der Waals surface area contributed by atoms with Crippen LogP contribution in [-0.4, -0.2) is 21.1 Å². The Morgan fingerprint density at radius 2 is 2.58 bits per heavy atom. The third-order valence-electron chi connectivity index (χ3n) is 2.46. The summed E-state index contributed by atoms with van der Waals surface area (Å²) in [4.78, 5) is 4.34. The molecule has 2 heterocycles. The molecule has 1 aromatic heterocycles. The molecule has 1 atom stereocenters. The van der Waals surface area contributed by atoms with Crippen LogP contribution in [0.2, 0.25) is 0 Å². The summed E-state index contributed by atoms with van der Waals surface area (Å²) < 4.78 is 2.30. The van der Waals surface area contributed by atoms with E-state index in [1.54, 1.807) is 0 Å². The topological polar surface area (TPSA) is 17.8 Å². The van der Waals surface area contributed by atoms with E-state index in [2.05, 4.69) is 22.0 Å². The zero-order chi connectivity index (χ0) is 8.39. The van der Waals surface area contributed by atoms with Gasteiger partial charge in [0.05, 0.1) is 0 Å². The van der Waals surface area contributed by atoms with Crippen molar-refractivity contribution >= 4 is 11.8 Å². The van der Waals surface area contributed by atoms with E-state index in [1.165, 1.54) is 18.7 Å². The van der Waals surface area contributed by atoms with Gasteiger partial charge in [0, 0.05) is 30.6 Å². The van der Waals surface area contributed by atoms with Gasteiger partial charge >= 0.3 is 0 Å². The van der Waals surface area contributed by atoms with Crippen molar-refractivity contribution in [3.05, 3.63) is 18.2 Å². The molecule has 0 amide bonds. The van der Waals surface area contributed by atoms with Crippen LogP contribution < -0.4 is 0 Å². The van der Waals surface area contributed by atoms with Gasteiger partial charge in [-0.15, -0.1) is 0 Å². The lowest BCUT2D eigenvalue weighted by atomic mass is 10.2. The molecule has 0 spiro atoms. The minimum atomic E-state index is 0.792. The van der Waals surface area contributed by atoms with Crippen molar-refractivity contribution in [2.24, 2.45) is 0 Å². The van der Waals surface area contributed by atoms with E-state index in [-0.39, 0.29) is 0 Å².